The molecule has 0 bridgehead atoms. The first-order chi connectivity index (χ1) is 13.0. The fourth-order valence-electron chi connectivity index (χ4n) is 3.74. The first-order valence-electron chi connectivity index (χ1n) is 9.31. The number of amides is 1. The Morgan fingerprint density at radius 2 is 1.89 bits per heavy atom. The number of hydrogen-bond acceptors (Lipinski definition) is 4. The predicted octanol–water partition coefficient (Wildman–Crippen LogP) is 3.53. The molecule has 2 aliphatic heterocycles. The Bertz CT molecular complexity index is 931. The van der Waals surface area contributed by atoms with Gasteiger partial charge in [-0.15, -0.1) is 0 Å². The summed E-state index contributed by atoms with van der Waals surface area (Å²) in [5.41, 5.74) is 5.44. The van der Waals surface area contributed by atoms with Gasteiger partial charge < -0.3 is 5.32 Å². The van der Waals surface area contributed by atoms with E-state index in [0.29, 0.717) is 12.1 Å². The van der Waals surface area contributed by atoms with Crippen LogP contribution in [0.15, 0.2) is 47.5 Å². The summed E-state index contributed by atoms with van der Waals surface area (Å²) in [5, 5.41) is 2.93. The average molecular weight is 361 g/mol. The number of ketones is 1. The fourth-order valence-corrected chi connectivity index (χ4v) is 3.74. The van der Waals surface area contributed by atoms with Crippen LogP contribution in [0.1, 0.15) is 27.9 Å². The second-order valence-electron chi connectivity index (χ2n) is 7.44. The number of hydrogen-bond donors (Lipinski definition) is 1. The van der Waals surface area contributed by atoms with Crippen LogP contribution >= 0.6 is 0 Å². The Hall–Kier alpha value is -2.79. The summed E-state index contributed by atoms with van der Waals surface area (Å²) in [4.78, 5) is 32.1. The average Bonchev–Trinajstić information content (AvgIpc) is 2.65. The van der Waals surface area contributed by atoms with E-state index in [0.717, 1.165) is 41.2 Å². The van der Waals surface area contributed by atoms with E-state index in [1.54, 1.807) is 0 Å². The number of aliphatic imine (C=N–C) groups is 1. The van der Waals surface area contributed by atoms with E-state index in [-0.39, 0.29) is 24.2 Å². The zero-order valence-corrected chi connectivity index (χ0v) is 15.7. The van der Waals surface area contributed by atoms with Crippen molar-refractivity contribution in [2.75, 3.05) is 25.0 Å². The summed E-state index contributed by atoms with van der Waals surface area (Å²) < 4.78 is 0. The van der Waals surface area contributed by atoms with E-state index in [1.165, 1.54) is 0 Å². The minimum Gasteiger partial charge on any atom is -0.325 e. The van der Waals surface area contributed by atoms with Crippen molar-refractivity contribution in [3.63, 3.8) is 0 Å². The predicted molar refractivity (Wildman–Crippen MR) is 107 cm³/mol. The van der Waals surface area contributed by atoms with Crippen LogP contribution < -0.4 is 5.32 Å². The monoisotopic (exact) mass is 361 g/mol. The lowest BCUT2D eigenvalue weighted by molar-refractivity contribution is -0.117. The van der Waals surface area contributed by atoms with Crippen molar-refractivity contribution in [3.05, 3.63) is 59.2 Å². The third-order valence-corrected chi connectivity index (χ3v) is 5.23. The first kappa shape index (κ1) is 17.6. The first-order valence-corrected chi connectivity index (χ1v) is 9.31. The molecule has 0 aromatic heterocycles. The Morgan fingerprint density at radius 1 is 1.15 bits per heavy atom. The summed E-state index contributed by atoms with van der Waals surface area (Å²) in [5.74, 6) is -0.165. The number of benzene rings is 2. The molecule has 4 rings (SSSR count). The molecule has 1 atom stereocenters. The Morgan fingerprint density at radius 3 is 2.67 bits per heavy atom. The van der Waals surface area contributed by atoms with E-state index in [2.05, 4.69) is 5.32 Å². The number of aryl methyl sites for hydroxylation is 2. The van der Waals surface area contributed by atoms with Gasteiger partial charge in [0.2, 0.25) is 5.91 Å². The molecule has 5 nitrogen and oxygen atoms in total. The maximum absolute atomic E-state index is 12.9. The largest absolute Gasteiger partial charge is 0.325 e. The van der Waals surface area contributed by atoms with Gasteiger partial charge in [0.15, 0.2) is 5.78 Å². The number of nitrogens with zero attached hydrogens (tertiary/aromatic N) is 2. The maximum atomic E-state index is 12.9. The van der Waals surface area contributed by atoms with Crippen LogP contribution in [0.5, 0.6) is 0 Å². The minimum absolute atomic E-state index is 0.0567. The van der Waals surface area contributed by atoms with Crippen molar-refractivity contribution in [1.29, 1.82) is 0 Å². The van der Waals surface area contributed by atoms with Gasteiger partial charge in [-0.1, -0.05) is 29.3 Å². The molecule has 138 valence electrons. The molecule has 2 aromatic rings. The molecule has 0 radical (unpaired) electrons. The molecule has 5 heteroatoms. The number of carbonyl (C=O) groups is 2. The molecule has 1 unspecified atom stereocenters. The van der Waals surface area contributed by atoms with Crippen LogP contribution in [0.3, 0.4) is 0 Å². The highest BCUT2D eigenvalue weighted by atomic mass is 16.2. The molecule has 2 aliphatic rings. The number of fused-ring (bicyclic) bond motifs is 2. The van der Waals surface area contributed by atoms with Crippen LogP contribution in [0.25, 0.3) is 0 Å². The third-order valence-electron chi connectivity index (χ3n) is 5.23. The van der Waals surface area contributed by atoms with Crippen molar-refractivity contribution >= 4 is 28.8 Å². The van der Waals surface area contributed by atoms with Crippen LogP contribution in [-0.4, -0.2) is 41.9 Å². The van der Waals surface area contributed by atoms with Gasteiger partial charge in [0.1, 0.15) is 0 Å². The molecule has 2 heterocycles. The SMILES string of the molecule is Cc1ccc(NC(=O)CN2CCC3=Nc4ccc(C)cc4C(=O)C3C2)cc1. The van der Waals surface area contributed by atoms with Crippen molar-refractivity contribution in [1.82, 2.24) is 4.90 Å². The van der Waals surface area contributed by atoms with Crippen molar-refractivity contribution in [2.24, 2.45) is 10.9 Å². The van der Waals surface area contributed by atoms with Crippen LogP contribution in [0, 0.1) is 19.8 Å². The zero-order chi connectivity index (χ0) is 19.0. The van der Waals surface area contributed by atoms with Crippen molar-refractivity contribution in [3.8, 4) is 0 Å². The van der Waals surface area contributed by atoms with E-state index in [9.17, 15) is 9.59 Å². The highest BCUT2D eigenvalue weighted by Gasteiger charge is 2.36. The molecule has 1 fully saturated rings. The number of carbonyl (C=O) groups excluding carboxylic acids is 2. The molecular formula is C22H23N3O2. The second kappa shape index (κ2) is 7.08. The van der Waals surface area contributed by atoms with Gasteiger partial charge in [0.05, 0.1) is 18.2 Å². The number of rotatable bonds is 3. The number of piperidine rings is 1. The lowest BCUT2D eigenvalue weighted by Gasteiger charge is -2.34. The van der Waals surface area contributed by atoms with Crippen molar-refractivity contribution < 1.29 is 9.59 Å². The number of nitrogens with one attached hydrogen (secondary N) is 1. The Balaban J connectivity index is 1.43. The summed E-state index contributed by atoms with van der Waals surface area (Å²) in [7, 11) is 0. The van der Waals surface area contributed by atoms with Gasteiger partial charge in [-0.3, -0.25) is 19.5 Å². The van der Waals surface area contributed by atoms with Gasteiger partial charge >= 0.3 is 0 Å². The van der Waals surface area contributed by atoms with Gasteiger partial charge in [-0.2, -0.15) is 0 Å². The molecule has 27 heavy (non-hydrogen) atoms. The molecule has 1 amide bonds. The van der Waals surface area contributed by atoms with Gasteiger partial charge in [0, 0.05) is 30.1 Å². The summed E-state index contributed by atoms with van der Waals surface area (Å²) >= 11 is 0. The summed E-state index contributed by atoms with van der Waals surface area (Å²) in [6, 6.07) is 13.6. The summed E-state index contributed by atoms with van der Waals surface area (Å²) in [6.07, 6.45) is 0.724. The lowest BCUT2D eigenvalue weighted by Crippen LogP contribution is -2.47. The van der Waals surface area contributed by atoms with E-state index in [4.69, 9.17) is 4.99 Å². The highest BCUT2D eigenvalue weighted by molar-refractivity contribution is 6.18. The third kappa shape index (κ3) is 3.69. The van der Waals surface area contributed by atoms with Crippen molar-refractivity contribution in [2.45, 2.75) is 20.3 Å². The molecule has 0 aliphatic carbocycles. The topological polar surface area (TPSA) is 61.8 Å². The van der Waals surface area contributed by atoms with Gasteiger partial charge in [0.25, 0.3) is 0 Å². The molecule has 2 aromatic carbocycles. The normalized spacial score (nSPS) is 19.1. The lowest BCUT2D eigenvalue weighted by atomic mass is 9.84. The quantitative estimate of drug-likeness (QED) is 0.910. The smallest absolute Gasteiger partial charge is 0.238 e. The molecule has 0 spiro atoms. The standard InChI is InChI=1S/C22H23N3O2/c1-14-3-6-16(7-4-14)23-21(26)13-25-10-9-20-18(12-25)22(27)17-11-15(2)5-8-19(17)24-20/h3-8,11,18H,9-10,12-13H2,1-2H3,(H,23,26). The number of Topliss-reactive ketones (excluding diaryl/α,β-unsaturated/α-hetero) is 1. The molecule has 1 saturated heterocycles. The molecule has 1 N–H and O–H groups in total. The zero-order valence-electron chi connectivity index (χ0n) is 15.7. The van der Waals surface area contributed by atoms with Crippen LogP contribution in [-0.2, 0) is 4.79 Å². The maximum Gasteiger partial charge on any atom is 0.238 e. The Labute approximate surface area is 159 Å². The van der Waals surface area contributed by atoms with Gasteiger partial charge in [-0.05, 0) is 44.5 Å². The Kier molecular flexibility index (Phi) is 4.62. The van der Waals surface area contributed by atoms with Gasteiger partial charge in [-0.25, -0.2) is 0 Å². The van der Waals surface area contributed by atoms with E-state index in [1.807, 2.05) is 61.2 Å². The minimum atomic E-state index is -0.236. The number of anilines is 1. The number of likely N-dealkylation sites (tertiary alicyclic amines) is 1. The summed E-state index contributed by atoms with van der Waals surface area (Å²) in [6.45, 7) is 5.57. The van der Waals surface area contributed by atoms with Crippen LogP contribution in [0.4, 0.5) is 11.4 Å². The fraction of sp³-hybridized carbons (Fsp3) is 0.318. The van der Waals surface area contributed by atoms with Crippen LogP contribution in [0.2, 0.25) is 0 Å². The second-order valence-corrected chi connectivity index (χ2v) is 7.44. The highest BCUT2D eigenvalue weighted by Crippen LogP contribution is 2.32. The molecular weight excluding hydrogens is 338 g/mol. The van der Waals surface area contributed by atoms with E-state index >= 15 is 0 Å². The molecule has 0 saturated carbocycles. The van der Waals surface area contributed by atoms with E-state index < -0.39 is 0 Å².